The van der Waals surface area contributed by atoms with Crippen LogP contribution < -0.4 is 25.3 Å². The third-order valence-corrected chi connectivity index (χ3v) is 16.5. The van der Waals surface area contributed by atoms with Gasteiger partial charge in [-0.15, -0.1) is 0 Å². The zero-order valence-corrected chi connectivity index (χ0v) is 37.3. The van der Waals surface area contributed by atoms with E-state index >= 15 is 4.39 Å². The molecule has 19 heteroatoms. The van der Waals surface area contributed by atoms with Gasteiger partial charge in [0, 0.05) is 106 Å². The fourth-order valence-corrected chi connectivity index (χ4v) is 12.3. The lowest BCUT2D eigenvalue weighted by atomic mass is 9.92. The summed E-state index contributed by atoms with van der Waals surface area (Å²) in [5, 5.41) is 21.4. The molecule has 2 aromatic heterocycles. The Morgan fingerprint density at radius 2 is 1.84 bits per heavy atom. The van der Waals surface area contributed by atoms with Crippen LogP contribution in [0.2, 0.25) is 0 Å². The number of carbonyl (C=O) groups is 3. The first-order valence-corrected chi connectivity index (χ1v) is 24.1. The van der Waals surface area contributed by atoms with Gasteiger partial charge < -0.3 is 15.3 Å². The van der Waals surface area contributed by atoms with Gasteiger partial charge in [-0.25, -0.2) is 22.6 Å². The minimum Gasteiger partial charge on any atom is -0.393 e. The Balaban J connectivity index is 0.759. The average Bonchev–Trinajstić information content (AvgIpc) is 3.98. The summed E-state index contributed by atoms with van der Waals surface area (Å²) in [4.78, 5) is 55.4. The van der Waals surface area contributed by atoms with Crippen LogP contribution in [0.4, 0.5) is 32.5 Å². The first-order valence-electron chi connectivity index (χ1n) is 22.7. The number of hydrogen-bond acceptors (Lipinski definition) is 12. The summed E-state index contributed by atoms with van der Waals surface area (Å²) in [6.45, 7) is 6.88. The minimum absolute atomic E-state index is 0.0412. The Morgan fingerprint density at radius 1 is 1.02 bits per heavy atom. The summed E-state index contributed by atoms with van der Waals surface area (Å²) in [6, 6.07) is 12.6. The van der Waals surface area contributed by atoms with E-state index in [1.54, 1.807) is 34.0 Å². The topological polar surface area (TPSA) is 189 Å². The van der Waals surface area contributed by atoms with Crippen molar-refractivity contribution in [1.82, 2.24) is 34.3 Å². The molecule has 5 fully saturated rings. The van der Waals surface area contributed by atoms with Crippen LogP contribution in [0, 0.1) is 5.92 Å². The number of rotatable bonds is 10. The van der Waals surface area contributed by atoms with Gasteiger partial charge in [-0.1, -0.05) is 12.1 Å². The van der Waals surface area contributed by atoms with Crippen LogP contribution >= 0.6 is 0 Å². The lowest BCUT2D eigenvalue weighted by Gasteiger charge is -2.44. The number of carbonyl (C=O) groups excluding carboxylic acids is 3. The smallest absolute Gasteiger partial charge is 0.329 e. The van der Waals surface area contributed by atoms with E-state index in [9.17, 15) is 27.9 Å². The lowest BCUT2D eigenvalue weighted by Crippen LogP contribution is -2.52. The molecule has 10 rings (SSSR count). The van der Waals surface area contributed by atoms with E-state index in [2.05, 4.69) is 50.4 Å². The fraction of sp³-hybridized carbons (Fsp3) is 0.556. The van der Waals surface area contributed by atoms with Crippen molar-refractivity contribution in [3.63, 3.8) is 0 Å². The predicted molar refractivity (Wildman–Crippen MR) is 238 cm³/mol. The number of amides is 4. The molecule has 340 valence electrons. The number of hydrogen-bond donors (Lipinski definition) is 3. The fourth-order valence-electron chi connectivity index (χ4n) is 10.8. The number of piperazine rings is 1. The van der Waals surface area contributed by atoms with Crippen molar-refractivity contribution in [2.45, 2.75) is 106 Å². The third kappa shape index (κ3) is 7.46. The highest BCUT2D eigenvalue weighted by Crippen LogP contribution is 2.57. The number of alkyl halides is 1. The number of anilines is 4. The Bertz CT molecular complexity index is 2620. The number of nitrogens with zero attached hydrogens (tertiary/aromatic N) is 9. The number of urea groups is 1. The quantitative estimate of drug-likeness (QED) is 0.206. The lowest BCUT2D eigenvalue weighted by molar-refractivity contribution is -0.121. The predicted octanol–water partition coefficient (Wildman–Crippen LogP) is 4.22. The van der Waals surface area contributed by atoms with Crippen LogP contribution in [0.5, 0.6) is 0 Å². The van der Waals surface area contributed by atoms with E-state index < -0.39 is 39.7 Å². The molecule has 1 spiro atoms. The van der Waals surface area contributed by atoms with E-state index in [4.69, 9.17) is 4.98 Å². The Morgan fingerprint density at radius 3 is 2.59 bits per heavy atom. The van der Waals surface area contributed by atoms with Gasteiger partial charge in [0.15, 0.2) is 5.82 Å². The van der Waals surface area contributed by atoms with Crippen LogP contribution in [0.3, 0.4) is 0 Å². The molecular formula is C45H56FN11O6S. The molecule has 3 N–H and O–H groups in total. The van der Waals surface area contributed by atoms with Gasteiger partial charge in [0.1, 0.15) is 12.0 Å². The Hall–Kier alpha value is -5.24. The Kier molecular flexibility index (Phi) is 10.9. The SMILES string of the molecule is C[C@H](c1cccc(S(=O)(=O)N2CCC(CNc3ncc4c(n3)N([C@@H]3CCC[C@@H](O)C3)C(=O)C43CC3)[C@H](F)C2)c1)N1CCN(c2ccc3c(N4CCC(=O)NC4=O)nn(C)c3c2)C[C@@H]1C. The highest BCUT2D eigenvalue weighted by atomic mass is 32.2. The van der Waals surface area contributed by atoms with Gasteiger partial charge in [-0.3, -0.25) is 34.3 Å². The second kappa shape index (κ2) is 16.3. The number of fused-ring (bicyclic) bond motifs is 3. The number of aryl methyl sites for hydroxylation is 1. The van der Waals surface area contributed by atoms with E-state index in [0.717, 1.165) is 79.5 Å². The third-order valence-electron chi connectivity index (χ3n) is 14.7. The molecule has 17 nitrogen and oxygen atoms in total. The van der Waals surface area contributed by atoms with Gasteiger partial charge in [0.05, 0.1) is 21.9 Å². The minimum atomic E-state index is -3.98. The van der Waals surface area contributed by atoms with Gasteiger partial charge in [-0.05, 0) is 94.7 Å². The highest BCUT2D eigenvalue weighted by molar-refractivity contribution is 7.89. The summed E-state index contributed by atoms with van der Waals surface area (Å²) >= 11 is 0. The number of halogens is 1. The first-order chi connectivity index (χ1) is 30.7. The van der Waals surface area contributed by atoms with Gasteiger partial charge in [-0.2, -0.15) is 14.4 Å². The number of benzene rings is 2. The maximum absolute atomic E-state index is 15.9. The number of aromatic nitrogens is 4. The molecule has 4 aromatic rings. The molecule has 6 heterocycles. The number of imide groups is 1. The van der Waals surface area contributed by atoms with E-state index in [1.807, 2.05) is 25.2 Å². The van der Waals surface area contributed by atoms with Crippen molar-refractivity contribution in [3.05, 3.63) is 59.8 Å². The normalized spacial score (nSPS) is 27.0. The van der Waals surface area contributed by atoms with E-state index in [1.165, 1.54) is 9.21 Å². The number of piperidine rings is 1. The molecule has 2 saturated carbocycles. The Labute approximate surface area is 372 Å². The maximum Gasteiger partial charge on any atom is 0.329 e. The molecule has 2 aliphatic carbocycles. The summed E-state index contributed by atoms with van der Waals surface area (Å²) in [5.41, 5.74) is 3.05. The van der Waals surface area contributed by atoms with Gasteiger partial charge >= 0.3 is 6.03 Å². The van der Waals surface area contributed by atoms with Crippen molar-refractivity contribution >= 4 is 62.0 Å². The number of sulfonamides is 1. The van der Waals surface area contributed by atoms with Gasteiger partial charge in [0.2, 0.25) is 27.8 Å². The number of aliphatic hydroxyl groups is 1. The molecule has 6 aliphatic rings. The molecular weight excluding hydrogens is 842 g/mol. The van der Waals surface area contributed by atoms with Crippen molar-refractivity contribution in [1.29, 1.82) is 0 Å². The summed E-state index contributed by atoms with van der Waals surface area (Å²) in [5.74, 6) is 0.701. The van der Waals surface area contributed by atoms with E-state index in [-0.39, 0.29) is 67.4 Å². The molecule has 6 atom stereocenters. The number of nitrogens with one attached hydrogen (secondary N) is 2. The second-order valence-electron chi connectivity index (χ2n) is 18.7. The molecule has 4 aliphatic heterocycles. The first kappa shape index (κ1) is 42.7. The largest absolute Gasteiger partial charge is 0.393 e. The maximum atomic E-state index is 15.9. The molecule has 3 saturated heterocycles. The molecule has 4 amide bonds. The molecule has 1 unspecified atom stereocenters. The molecule has 0 bridgehead atoms. The summed E-state index contributed by atoms with van der Waals surface area (Å²) in [7, 11) is -2.14. The van der Waals surface area contributed by atoms with E-state index in [0.29, 0.717) is 30.4 Å². The zero-order chi connectivity index (χ0) is 44.7. The van der Waals surface area contributed by atoms with Crippen LogP contribution in [-0.2, 0) is 32.1 Å². The molecule has 2 aromatic carbocycles. The van der Waals surface area contributed by atoms with Crippen molar-refractivity contribution in [2.24, 2.45) is 13.0 Å². The standard InChI is InChI=1S/C45H56FN11O6S/c1-27-25-53(31-10-11-35-38(22-31)52(3)51-40(35)56-17-13-39(59)49-44(56)61)18-19-55(27)28(2)29-6-4-9-34(20-29)64(62,63)54-16-12-30(37(46)26-54)23-47-43-48-24-36-41(50-43)57(42(60)45(36)14-15-45)32-7-5-8-33(58)21-32/h4,6,9-11,20,22,24,27-28,30,32-33,37,58H,5,7-8,12-19,21,23,25-26H2,1-3H3,(H,47,48,50)(H,49,59,61)/t27-,28+,30?,32+,33+,37+/m0/s1. The average molecular weight is 898 g/mol. The summed E-state index contributed by atoms with van der Waals surface area (Å²) in [6.07, 6.45) is 4.82. The second-order valence-corrected chi connectivity index (χ2v) is 20.6. The van der Waals surface area contributed by atoms with Gasteiger partial charge in [0.25, 0.3) is 0 Å². The highest BCUT2D eigenvalue weighted by Gasteiger charge is 2.61. The van der Waals surface area contributed by atoms with Crippen LogP contribution in [0.25, 0.3) is 10.9 Å². The monoisotopic (exact) mass is 897 g/mol. The van der Waals surface area contributed by atoms with Crippen molar-refractivity contribution in [2.75, 3.05) is 65.8 Å². The van der Waals surface area contributed by atoms with Crippen LogP contribution in [0.1, 0.15) is 82.4 Å². The van der Waals surface area contributed by atoms with Crippen molar-refractivity contribution < 1.29 is 32.3 Å². The molecule has 64 heavy (non-hydrogen) atoms. The number of aliphatic hydroxyl groups excluding tert-OH is 1. The summed E-state index contributed by atoms with van der Waals surface area (Å²) < 4.78 is 47.0. The zero-order valence-electron chi connectivity index (χ0n) is 36.5. The molecule has 0 radical (unpaired) electrons. The van der Waals surface area contributed by atoms with Crippen LogP contribution in [0.15, 0.2) is 53.6 Å². The van der Waals surface area contributed by atoms with Crippen molar-refractivity contribution in [3.8, 4) is 0 Å². The van der Waals surface area contributed by atoms with Crippen LogP contribution in [-0.4, -0.2) is 130 Å².